The topological polar surface area (TPSA) is 63.2 Å². The van der Waals surface area contributed by atoms with Crippen LogP contribution in [0.5, 0.6) is 5.75 Å². The second kappa shape index (κ2) is 12.1. The zero-order valence-corrected chi connectivity index (χ0v) is 18.8. The first-order valence-corrected chi connectivity index (χ1v) is 9.26. The maximum absolute atomic E-state index is 12.7. The third kappa shape index (κ3) is 7.90. The molecule has 29 heavy (non-hydrogen) atoms. The zero-order chi connectivity index (χ0) is 20.6. The molecule has 0 atom stereocenters. The third-order valence-electron chi connectivity index (χ3n) is 4.45. The molecule has 1 aliphatic rings. The van der Waals surface area contributed by atoms with Crippen molar-refractivity contribution in [3.05, 3.63) is 29.8 Å². The van der Waals surface area contributed by atoms with Gasteiger partial charge >= 0.3 is 12.1 Å². The minimum Gasteiger partial charge on any atom is -0.492 e. The van der Waals surface area contributed by atoms with Crippen molar-refractivity contribution in [2.75, 3.05) is 39.9 Å². The first-order chi connectivity index (χ1) is 13.3. The lowest BCUT2D eigenvalue weighted by molar-refractivity contribution is -0.146. The molecule has 164 valence electrons. The summed E-state index contributed by atoms with van der Waals surface area (Å²) in [6.07, 6.45) is -3.01. The summed E-state index contributed by atoms with van der Waals surface area (Å²) in [6, 6.07) is 4.79. The number of likely N-dealkylation sites (tertiary alicyclic amines) is 1. The second-order valence-electron chi connectivity index (χ2n) is 6.39. The molecular formula is C19H27F3IN3O3. The van der Waals surface area contributed by atoms with Gasteiger partial charge in [0.25, 0.3) is 0 Å². The SMILES string of the molecule is CCNC(=NCCOc1cccc(C(F)(F)F)c1)N1CCC(C(=O)OC)CC1.I. The largest absolute Gasteiger partial charge is 0.492 e. The number of halogens is 4. The predicted octanol–water partition coefficient (Wildman–Crippen LogP) is 3.55. The molecule has 0 unspecified atom stereocenters. The number of aliphatic imine (C=N–C) groups is 1. The fourth-order valence-electron chi connectivity index (χ4n) is 3.00. The second-order valence-corrected chi connectivity index (χ2v) is 6.39. The van der Waals surface area contributed by atoms with Gasteiger partial charge in [-0.15, -0.1) is 24.0 Å². The number of rotatable bonds is 6. The normalized spacial score (nSPS) is 15.5. The molecule has 0 radical (unpaired) electrons. The van der Waals surface area contributed by atoms with Crippen LogP contribution in [0.15, 0.2) is 29.3 Å². The molecule has 0 saturated carbocycles. The maximum atomic E-state index is 12.7. The van der Waals surface area contributed by atoms with E-state index in [-0.39, 0.29) is 48.2 Å². The van der Waals surface area contributed by atoms with Gasteiger partial charge < -0.3 is 19.7 Å². The van der Waals surface area contributed by atoms with Crippen LogP contribution >= 0.6 is 24.0 Å². The Morgan fingerprint density at radius 1 is 1.31 bits per heavy atom. The van der Waals surface area contributed by atoms with E-state index in [4.69, 9.17) is 9.47 Å². The van der Waals surface area contributed by atoms with E-state index in [1.165, 1.54) is 19.2 Å². The fraction of sp³-hybridized carbons (Fsp3) is 0.579. The third-order valence-corrected chi connectivity index (χ3v) is 4.45. The van der Waals surface area contributed by atoms with Crippen molar-refractivity contribution in [2.45, 2.75) is 25.9 Å². The number of hydrogen-bond acceptors (Lipinski definition) is 4. The van der Waals surface area contributed by atoms with E-state index < -0.39 is 11.7 Å². The van der Waals surface area contributed by atoms with Crippen LogP contribution in [0.2, 0.25) is 0 Å². The quantitative estimate of drug-likeness (QED) is 0.201. The van der Waals surface area contributed by atoms with Crippen molar-refractivity contribution in [1.29, 1.82) is 0 Å². The summed E-state index contributed by atoms with van der Waals surface area (Å²) in [5.74, 6) is 0.594. The number of esters is 1. The minimum atomic E-state index is -4.40. The summed E-state index contributed by atoms with van der Waals surface area (Å²) < 4.78 is 48.4. The summed E-state index contributed by atoms with van der Waals surface area (Å²) in [5, 5.41) is 3.19. The van der Waals surface area contributed by atoms with Crippen LogP contribution in [-0.2, 0) is 15.7 Å². The lowest BCUT2D eigenvalue weighted by Crippen LogP contribution is -2.46. The molecular weight excluding hydrogens is 502 g/mol. The average molecular weight is 529 g/mol. The van der Waals surface area contributed by atoms with Gasteiger partial charge in [-0.25, -0.2) is 4.99 Å². The Kier molecular flexibility index (Phi) is 10.5. The molecule has 0 spiro atoms. The Morgan fingerprint density at radius 2 is 2.00 bits per heavy atom. The Hall–Kier alpha value is -1.72. The number of guanidine groups is 1. The first-order valence-electron chi connectivity index (χ1n) is 9.26. The number of alkyl halides is 3. The maximum Gasteiger partial charge on any atom is 0.416 e. The number of nitrogens with one attached hydrogen (secondary N) is 1. The van der Waals surface area contributed by atoms with E-state index in [0.29, 0.717) is 45.0 Å². The van der Waals surface area contributed by atoms with Gasteiger partial charge in [-0.3, -0.25) is 4.79 Å². The van der Waals surface area contributed by atoms with Gasteiger partial charge in [-0.2, -0.15) is 13.2 Å². The van der Waals surface area contributed by atoms with Gasteiger partial charge in [0.15, 0.2) is 5.96 Å². The van der Waals surface area contributed by atoms with Gasteiger partial charge in [0.2, 0.25) is 0 Å². The van der Waals surface area contributed by atoms with Gasteiger partial charge in [0, 0.05) is 19.6 Å². The van der Waals surface area contributed by atoms with Crippen LogP contribution < -0.4 is 10.1 Å². The van der Waals surface area contributed by atoms with Crippen LogP contribution in [0.4, 0.5) is 13.2 Å². The number of methoxy groups -OCH3 is 1. The Bertz CT molecular complexity index is 678. The minimum absolute atomic E-state index is 0. The summed E-state index contributed by atoms with van der Waals surface area (Å²) in [7, 11) is 1.39. The number of carbonyl (C=O) groups excluding carboxylic acids is 1. The highest BCUT2D eigenvalue weighted by Crippen LogP contribution is 2.31. The van der Waals surface area contributed by atoms with Crippen LogP contribution in [-0.4, -0.2) is 56.7 Å². The van der Waals surface area contributed by atoms with Gasteiger partial charge in [-0.05, 0) is 38.0 Å². The molecule has 1 aromatic rings. The monoisotopic (exact) mass is 529 g/mol. The highest BCUT2D eigenvalue weighted by Gasteiger charge is 2.30. The summed E-state index contributed by atoms with van der Waals surface area (Å²) in [5.41, 5.74) is -0.740. The summed E-state index contributed by atoms with van der Waals surface area (Å²) >= 11 is 0. The number of benzene rings is 1. The molecule has 1 aliphatic heterocycles. The molecule has 0 bridgehead atoms. The summed E-state index contributed by atoms with van der Waals surface area (Å²) in [4.78, 5) is 18.2. The zero-order valence-electron chi connectivity index (χ0n) is 16.5. The van der Waals surface area contributed by atoms with E-state index >= 15 is 0 Å². The van der Waals surface area contributed by atoms with Crippen molar-refractivity contribution in [3.8, 4) is 5.75 Å². The van der Waals surface area contributed by atoms with Crippen LogP contribution in [0, 0.1) is 5.92 Å². The van der Waals surface area contributed by atoms with Gasteiger partial charge in [0.05, 0.1) is 25.1 Å². The van der Waals surface area contributed by atoms with E-state index in [2.05, 4.69) is 15.2 Å². The Balaban J connectivity index is 0.00000420. The molecule has 1 heterocycles. The van der Waals surface area contributed by atoms with E-state index in [1.54, 1.807) is 0 Å². The molecule has 10 heteroatoms. The van der Waals surface area contributed by atoms with E-state index in [1.807, 2.05) is 6.92 Å². The Labute approximate surface area is 185 Å². The van der Waals surface area contributed by atoms with Crippen LogP contribution in [0.25, 0.3) is 0 Å². The molecule has 0 aliphatic carbocycles. The number of hydrogen-bond donors (Lipinski definition) is 1. The fourth-order valence-corrected chi connectivity index (χ4v) is 3.00. The average Bonchev–Trinajstić information content (AvgIpc) is 2.69. The van der Waals surface area contributed by atoms with Crippen molar-refractivity contribution in [2.24, 2.45) is 10.9 Å². The van der Waals surface area contributed by atoms with Crippen molar-refractivity contribution in [3.63, 3.8) is 0 Å². The highest BCUT2D eigenvalue weighted by molar-refractivity contribution is 14.0. The number of carbonyl (C=O) groups is 1. The molecule has 6 nitrogen and oxygen atoms in total. The van der Waals surface area contributed by atoms with E-state index in [0.717, 1.165) is 12.1 Å². The van der Waals surface area contributed by atoms with Crippen LogP contribution in [0.3, 0.4) is 0 Å². The molecule has 0 aromatic heterocycles. The Morgan fingerprint density at radius 3 is 2.59 bits per heavy atom. The standard InChI is InChI=1S/C19H26F3N3O3.HI/c1-3-23-18(25-10-7-14(8-11-25)17(26)27-2)24-9-12-28-16-6-4-5-15(13-16)19(20,21)22;/h4-6,13-14H,3,7-12H2,1-2H3,(H,23,24);1H. The van der Waals surface area contributed by atoms with Crippen molar-refractivity contribution >= 4 is 35.9 Å². The molecule has 1 aromatic carbocycles. The first kappa shape index (κ1) is 25.3. The predicted molar refractivity (Wildman–Crippen MR) is 115 cm³/mol. The van der Waals surface area contributed by atoms with Gasteiger partial charge in [0.1, 0.15) is 12.4 Å². The number of nitrogens with zero attached hydrogens (tertiary/aromatic N) is 2. The molecule has 2 rings (SSSR count). The van der Waals surface area contributed by atoms with Crippen molar-refractivity contribution in [1.82, 2.24) is 10.2 Å². The smallest absolute Gasteiger partial charge is 0.416 e. The summed E-state index contributed by atoms with van der Waals surface area (Å²) in [6.45, 7) is 4.46. The number of piperidine rings is 1. The van der Waals surface area contributed by atoms with E-state index in [9.17, 15) is 18.0 Å². The number of ether oxygens (including phenoxy) is 2. The molecule has 0 amide bonds. The highest BCUT2D eigenvalue weighted by atomic mass is 127. The molecule has 1 saturated heterocycles. The lowest BCUT2D eigenvalue weighted by atomic mass is 9.97. The van der Waals surface area contributed by atoms with Crippen molar-refractivity contribution < 1.29 is 27.4 Å². The molecule has 1 fully saturated rings. The van der Waals surface area contributed by atoms with Gasteiger partial charge in [-0.1, -0.05) is 6.07 Å². The van der Waals surface area contributed by atoms with Crippen LogP contribution in [0.1, 0.15) is 25.3 Å². The molecule has 1 N–H and O–H groups in total. The lowest BCUT2D eigenvalue weighted by Gasteiger charge is -2.33.